The number of methoxy groups -OCH3 is 1. The fraction of sp³-hybridized carbons (Fsp3) is 0.188. The minimum atomic E-state index is -0.751. The summed E-state index contributed by atoms with van der Waals surface area (Å²) in [4.78, 5) is 22.2. The Morgan fingerprint density at radius 1 is 1.22 bits per heavy atom. The lowest BCUT2D eigenvalue weighted by molar-refractivity contribution is -0.384. The molecular weight excluding hydrogens is 298 g/mol. The van der Waals surface area contributed by atoms with E-state index in [1.54, 1.807) is 43.5 Å². The first-order chi connectivity index (χ1) is 11.0. The van der Waals surface area contributed by atoms with Gasteiger partial charge in [-0.2, -0.15) is 0 Å². The molecule has 0 aromatic heterocycles. The molecule has 0 spiro atoms. The van der Waals surface area contributed by atoms with E-state index < -0.39 is 11.0 Å². The van der Waals surface area contributed by atoms with Crippen LogP contribution in [-0.4, -0.2) is 24.0 Å². The van der Waals surface area contributed by atoms with Crippen LogP contribution in [0.5, 0.6) is 5.75 Å². The van der Waals surface area contributed by atoms with Gasteiger partial charge in [-0.15, -0.1) is 0 Å². The molecule has 0 fully saturated rings. The largest absolute Gasteiger partial charge is 0.497 e. The molecular formula is C16H17N3O4. The van der Waals surface area contributed by atoms with Crippen LogP contribution in [0.4, 0.5) is 11.4 Å². The lowest BCUT2D eigenvalue weighted by Gasteiger charge is -2.12. The highest BCUT2D eigenvalue weighted by Crippen LogP contribution is 2.16. The number of non-ortho nitro benzene ring substituents is 1. The molecule has 0 heterocycles. The lowest BCUT2D eigenvalue weighted by atomic mass is 10.1. The normalized spacial score (nSPS) is 11.6. The number of hydrogen-bond donors (Lipinski definition) is 2. The second-order valence-electron chi connectivity index (χ2n) is 4.95. The van der Waals surface area contributed by atoms with Gasteiger partial charge in [0, 0.05) is 17.8 Å². The molecule has 2 rings (SSSR count). The number of hydrogen-bond acceptors (Lipinski definition) is 5. The van der Waals surface area contributed by atoms with Crippen molar-refractivity contribution in [1.82, 2.24) is 0 Å². The quantitative estimate of drug-likeness (QED) is 0.627. The van der Waals surface area contributed by atoms with E-state index in [1.807, 2.05) is 0 Å². The average Bonchev–Trinajstić information content (AvgIpc) is 2.56. The maximum atomic E-state index is 12.1. The highest BCUT2D eigenvalue weighted by atomic mass is 16.6. The molecule has 0 aliphatic rings. The summed E-state index contributed by atoms with van der Waals surface area (Å²) < 4.78 is 5.04. The molecule has 1 atom stereocenters. The molecule has 1 amide bonds. The molecule has 0 saturated carbocycles. The molecule has 7 nitrogen and oxygen atoms in total. The van der Waals surface area contributed by atoms with Gasteiger partial charge in [-0.05, 0) is 36.2 Å². The maximum absolute atomic E-state index is 12.1. The van der Waals surface area contributed by atoms with Gasteiger partial charge in [0.2, 0.25) is 5.91 Å². The molecule has 2 aromatic rings. The molecule has 0 saturated heterocycles. The first kappa shape index (κ1) is 16.4. The van der Waals surface area contributed by atoms with Crippen LogP contribution in [0, 0.1) is 10.1 Å². The number of rotatable bonds is 6. The second kappa shape index (κ2) is 7.37. The smallest absolute Gasteiger partial charge is 0.269 e. The topological polar surface area (TPSA) is 107 Å². The van der Waals surface area contributed by atoms with E-state index in [-0.39, 0.29) is 11.6 Å². The monoisotopic (exact) mass is 315 g/mol. The van der Waals surface area contributed by atoms with Crippen molar-refractivity contribution in [3.05, 3.63) is 64.2 Å². The zero-order chi connectivity index (χ0) is 16.8. The molecule has 23 heavy (non-hydrogen) atoms. The van der Waals surface area contributed by atoms with Crippen molar-refractivity contribution >= 4 is 17.3 Å². The number of benzene rings is 2. The Hall–Kier alpha value is -2.93. The van der Waals surface area contributed by atoms with Crippen LogP contribution in [-0.2, 0) is 11.2 Å². The second-order valence-corrected chi connectivity index (χ2v) is 4.95. The predicted molar refractivity (Wildman–Crippen MR) is 86.4 cm³/mol. The molecule has 0 unspecified atom stereocenters. The lowest BCUT2D eigenvalue weighted by Crippen LogP contribution is -2.37. The Morgan fingerprint density at radius 2 is 1.83 bits per heavy atom. The summed E-state index contributed by atoms with van der Waals surface area (Å²) in [6, 6.07) is 12.1. The summed E-state index contributed by atoms with van der Waals surface area (Å²) in [6.45, 7) is 0. The van der Waals surface area contributed by atoms with Crippen molar-refractivity contribution in [2.75, 3.05) is 12.4 Å². The van der Waals surface area contributed by atoms with E-state index in [2.05, 4.69) is 5.32 Å². The van der Waals surface area contributed by atoms with Crippen molar-refractivity contribution < 1.29 is 14.5 Å². The number of anilines is 1. The number of carbonyl (C=O) groups is 1. The van der Waals surface area contributed by atoms with Crippen molar-refractivity contribution in [2.24, 2.45) is 5.73 Å². The molecule has 2 aromatic carbocycles. The van der Waals surface area contributed by atoms with Gasteiger partial charge in [-0.25, -0.2) is 0 Å². The van der Waals surface area contributed by atoms with Gasteiger partial charge in [0.1, 0.15) is 5.75 Å². The number of nitrogens with one attached hydrogen (secondary N) is 1. The predicted octanol–water partition coefficient (Wildman–Crippen LogP) is 2.11. The molecule has 3 N–H and O–H groups in total. The van der Waals surface area contributed by atoms with Crippen molar-refractivity contribution in [1.29, 1.82) is 0 Å². The Labute approximate surface area is 133 Å². The zero-order valence-corrected chi connectivity index (χ0v) is 12.6. The summed E-state index contributed by atoms with van der Waals surface area (Å²) in [7, 11) is 1.56. The van der Waals surface area contributed by atoms with Crippen LogP contribution in [0.1, 0.15) is 5.56 Å². The van der Waals surface area contributed by atoms with Gasteiger partial charge in [-0.3, -0.25) is 14.9 Å². The zero-order valence-electron chi connectivity index (χ0n) is 12.6. The summed E-state index contributed by atoms with van der Waals surface area (Å²) in [5, 5.41) is 13.3. The van der Waals surface area contributed by atoms with Crippen molar-refractivity contribution in [2.45, 2.75) is 12.5 Å². The molecule has 0 bridgehead atoms. The van der Waals surface area contributed by atoms with Gasteiger partial charge in [0.05, 0.1) is 18.1 Å². The van der Waals surface area contributed by atoms with Crippen LogP contribution in [0.25, 0.3) is 0 Å². The summed E-state index contributed by atoms with van der Waals surface area (Å²) in [6.07, 6.45) is 0.292. The highest BCUT2D eigenvalue weighted by Gasteiger charge is 2.15. The number of amides is 1. The van der Waals surface area contributed by atoms with Gasteiger partial charge in [-0.1, -0.05) is 12.1 Å². The highest BCUT2D eigenvalue weighted by molar-refractivity contribution is 5.94. The van der Waals surface area contributed by atoms with E-state index in [1.165, 1.54) is 12.1 Å². The van der Waals surface area contributed by atoms with E-state index in [0.29, 0.717) is 17.9 Å². The average molecular weight is 315 g/mol. The molecule has 0 aliphatic carbocycles. The number of nitrogens with two attached hydrogens (primary N) is 1. The minimum absolute atomic E-state index is 0.00464. The van der Waals surface area contributed by atoms with Gasteiger partial charge < -0.3 is 15.8 Å². The first-order valence-electron chi connectivity index (χ1n) is 6.93. The molecule has 120 valence electrons. The van der Waals surface area contributed by atoms with Crippen LogP contribution in [0.3, 0.4) is 0 Å². The molecule has 0 aliphatic heterocycles. The third kappa shape index (κ3) is 4.52. The summed E-state index contributed by atoms with van der Waals surface area (Å²) in [5.41, 5.74) is 7.26. The standard InChI is InChI=1S/C16H17N3O4/c1-23-14-8-4-12(5-9-14)18-16(20)15(17)10-11-2-6-13(7-3-11)19(21)22/h2-9,15H,10,17H2,1H3,(H,18,20)/t15-/m1/s1. The van der Waals surface area contributed by atoms with Crippen LogP contribution < -0.4 is 15.8 Å². The Balaban J connectivity index is 1.94. The van der Waals surface area contributed by atoms with Crippen LogP contribution >= 0.6 is 0 Å². The van der Waals surface area contributed by atoms with E-state index in [0.717, 1.165) is 5.56 Å². The van der Waals surface area contributed by atoms with Crippen molar-refractivity contribution in [3.63, 3.8) is 0 Å². The number of nitro benzene ring substituents is 1. The molecule has 0 radical (unpaired) electrons. The fourth-order valence-corrected chi connectivity index (χ4v) is 2.01. The maximum Gasteiger partial charge on any atom is 0.269 e. The van der Waals surface area contributed by atoms with E-state index in [9.17, 15) is 14.9 Å². The summed E-state index contributed by atoms with van der Waals surface area (Å²) in [5.74, 6) is 0.367. The van der Waals surface area contributed by atoms with Gasteiger partial charge in [0.15, 0.2) is 0 Å². The minimum Gasteiger partial charge on any atom is -0.497 e. The Morgan fingerprint density at radius 3 is 2.35 bits per heavy atom. The molecule has 7 heteroatoms. The number of nitrogens with zero attached hydrogens (tertiary/aromatic N) is 1. The van der Waals surface area contributed by atoms with Crippen LogP contribution in [0.15, 0.2) is 48.5 Å². The van der Waals surface area contributed by atoms with E-state index >= 15 is 0 Å². The van der Waals surface area contributed by atoms with Crippen LogP contribution in [0.2, 0.25) is 0 Å². The number of ether oxygens (including phenoxy) is 1. The van der Waals surface area contributed by atoms with Gasteiger partial charge in [0.25, 0.3) is 5.69 Å². The van der Waals surface area contributed by atoms with E-state index in [4.69, 9.17) is 10.5 Å². The first-order valence-corrected chi connectivity index (χ1v) is 6.93. The fourth-order valence-electron chi connectivity index (χ4n) is 2.01. The Bertz CT molecular complexity index is 683. The SMILES string of the molecule is COc1ccc(NC(=O)[C@H](N)Cc2ccc([N+](=O)[O-])cc2)cc1. The Kier molecular flexibility index (Phi) is 5.27. The third-order valence-electron chi connectivity index (χ3n) is 3.30. The number of carbonyl (C=O) groups excluding carboxylic acids is 1. The third-order valence-corrected chi connectivity index (χ3v) is 3.30. The summed E-state index contributed by atoms with van der Waals surface area (Å²) >= 11 is 0. The van der Waals surface area contributed by atoms with Crippen molar-refractivity contribution in [3.8, 4) is 5.75 Å². The number of nitro groups is 1. The van der Waals surface area contributed by atoms with Gasteiger partial charge >= 0.3 is 0 Å².